The maximum absolute atomic E-state index is 12.8. The number of H-pyrrole nitrogens is 1. The molecule has 0 bridgehead atoms. The van der Waals surface area contributed by atoms with Crippen LogP contribution < -0.4 is 10.6 Å². The van der Waals surface area contributed by atoms with E-state index in [2.05, 4.69) is 15.6 Å². The highest BCUT2D eigenvalue weighted by Crippen LogP contribution is 2.31. The number of hydrogen-bond acceptors (Lipinski definition) is 6. The van der Waals surface area contributed by atoms with E-state index in [0.29, 0.717) is 5.69 Å². The molecule has 1 aliphatic rings. The summed E-state index contributed by atoms with van der Waals surface area (Å²) >= 11 is 0. The molecule has 31 heavy (non-hydrogen) atoms. The summed E-state index contributed by atoms with van der Waals surface area (Å²) < 4.78 is 4.86. The second kappa shape index (κ2) is 8.47. The van der Waals surface area contributed by atoms with E-state index in [1.165, 1.54) is 25.3 Å². The highest BCUT2D eigenvalue weighted by Gasteiger charge is 2.27. The van der Waals surface area contributed by atoms with Gasteiger partial charge < -0.3 is 20.4 Å². The van der Waals surface area contributed by atoms with Crippen molar-refractivity contribution in [3.8, 4) is 0 Å². The first-order chi connectivity index (χ1) is 15.0. The van der Waals surface area contributed by atoms with Gasteiger partial charge >= 0.3 is 5.97 Å². The van der Waals surface area contributed by atoms with Gasteiger partial charge in [0.2, 0.25) is 0 Å². The van der Waals surface area contributed by atoms with Gasteiger partial charge in [-0.15, -0.1) is 0 Å². The standard InChI is InChI=1S/C22H22N4O5/c1-31-22(28)19(10-14-12-23-17-5-3-2-4-16(14)17)25-21(27)13-6-9-18(24-15-7-8-15)20(11-13)26(29)30/h2-6,9,11-12,15,19,23-24H,7-8,10H2,1H3,(H,25,27)/t19-/m1/s1. The van der Waals surface area contributed by atoms with Crippen LogP contribution in [0.2, 0.25) is 0 Å². The monoisotopic (exact) mass is 422 g/mol. The Balaban J connectivity index is 1.55. The Morgan fingerprint density at radius 2 is 2.03 bits per heavy atom. The third-order valence-electron chi connectivity index (χ3n) is 5.28. The van der Waals surface area contributed by atoms with Crippen LogP contribution in [0.3, 0.4) is 0 Å². The molecule has 1 aliphatic carbocycles. The fourth-order valence-corrected chi connectivity index (χ4v) is 3.49. The number of esters is 1. The van der Waals surface area contributed by atoms with Crippen LogP contribution in [0.15, 0.2) is 48.7 Å². The fraction of sp³-hybridized carbons (Fsp3) is 0.273. The number of rotatable bonds is 8. The summed E-state index contributed by atoms with van der Waals surface area (Å²) in [6.45, 7) is 0. The lowest BCUT2D eigenvalue weighted by molar-refractivity contribution is -0.384. The van der Waals surface area contributed by atoms with Gasteiger partial charge in [0.15, 0.2) is 0 Å². The van der Waals surface area contributed by atoms with Crippen LogP contribution in [0.5, 0.6) is 0 Å². The van der Waals surface area contributed by atoms with E-state index in [-0.39, 0.29) is 23.7 Å². The molecule has 0 spiro atoms. The quantitative estimate of drug-likeness (QED) is 0.291. The van der Waals surface area contributed by atoms with Crippen molar-refractivity contribution in [1.82, 2.24) is 10.3 Å². The van der Waals surface area contributed by atoms with Crippen LogP contribution >= 0.6 is 0 Å². The normalized spacial score (nSPS) is 14.1. The van der Waals surface area contributed by atoms with Gasteiger partial charge in [0.25, 0.3) is 11.6 Å². The molecular formula is C22H22N4O5. The van der Waals surface area contributed by atoms with Crippen molar-refractivity contribution in [2.75, 3.05) is 12.4 Å². The van der Waals surface area contributed by atoms with E-state index >= 15 is 0 Å². The number of aromatic nitrogens is 1. The number of carbonyl (C=O) groups is 2. The first kappa shape index (κ1) is 20.4. The average Bonchev–Trinajstić information content (AvgIpc) is 3.50. The Morgan fingerprint density at radius 3 is 2.74 bits per heavy atom. The van der Waals surface area contributed by atoms with Gasteiger partial charge in [0.05, 0.1) is 12.0 Å². The number of nitro groups is 1. The molecule has 4 rings (SSSR count). The second-order valence-electron chi connectivity index (χ2n) is 7.52. The number of nitro benzene ring substituents is 1. The zero-order chi connectivity index (χ0) is 22.0. The minimum atomic E-state index is -0.944. The molecule has 3 N–H and O–H groups in total. The lowest BCUT2D eigenvalue weighted by atomic mass is 10.0. The molecule has 0 unspecified atom stereocenters. The molecule has 0 saturated heterocycles. The number of nitrogens with zero attached hydrogens (tertiary/aromatic N) is 1. The van der Waals surface area contributed by atoms with Crippen LogP contribution in [0.4, 0.5) is 11.4 Å². The third-order valence-corrected chi connectivity index (χ3v) is 5.28. The van der Waals surface area contributed by atoms with Gasteiger partial charge in [0.1, 0.15) is 11.7 Å². The summed E-state index contributed by atoms with van der Waals surface area (Å²) in [4.78, 5) is 39.2. The summed E-state index contributed by atoms with van der Waals surface area (Å²) in [5.74, 6) is -1.18. The van der Waals surface area contributed by atoms with Crippen molar-refractivity contribution < 1.29 is 19.2 Å². The van der Waals surface area contributed by atoms with Crippen molar-refractivity contribution in [3.63, 3.8) is 0 Å². The number of aromatic amines is 1. The fourth-order valence-electron chi connectivity index (χ4n) is 3.49. The number of benzene rings is 2. The lowest BCUT2D eigenvalue weighted by Crippen LogP contribution is -2.43. The number of para-hydroxylation sites is 1. The number of nitrogens with one attached hydrogen (secondary N) is 3. The van der Waals surface area contributed by atoms with Gasteiger partial charge in [0, 0.05) is 41.2 Å². The van der Waals surface area contributed by atoms with Crippen LogP contribution in [0, 0.1) is 10.1 Å². The van der Waals surface area contributed by atoms with E-state index in [1.807, 2.05) is 24.3 Å². The molecule has 1 saturated carbocycles. The lowest BCUT2D eigenvalue weighted by Gasteiger charge is -2.16. The molecule has 1 aromatic heterocycles. The van der Waals surface area contributed by atoms with Crippen molar-refractivity contribution >= 4 is 34.2 Å². The number of carbonyl (C=O) groups excluding carboxylic acids is 2. The predicted octanol–water partition coefficient (Wildman–Crippen LogP) is 3.16. The van der Waals surface area contributed by atoms with Crippen LogP contribution in [-0.2, 0) is 16.0 Å². The number of fused-ring (bicyclic) bond motifs is 1. The van der Waals surface area contributed by atoms with Crippen molar-refractivity contribution in [2.24, 2.45) is 0 Å². The summed E-state index contributed by atoms with van der Waals surface area (Å²) in [5.41, 5.74) is 2.07. The summed E-state index contributed by atoms with van der Waals surface area (Å²) in [6.07, 6.45) is 3.93. The molecule has 160 valence electrons. The number of hydrogen-bond donors (Lipinski definition) is 3. The molecule has 1 heterocycles. The Bertz CT molecular complexity index is 1150. The molecule has 9 nitrogen and oxygen atoms in total. The van der Waals surface area contributed by atoms with E-state index in [4.69, 9.17) is 4.74 Å². The SMILES string of the molecule is COC(=O)[C@@H](Cc1c[nH]c2ccccc12)NC(=O)c1ccc(NC2CC2)c([N+](=O)[O-])c1. The number of anilines is 1. The summed E-state index contributed by atoms with van der Waals surface area (Å²) in [5, 5.41) is 18.2. The highest BCUT2D eigenvalue weighted by atomic mass is 16.6. The number of methoxy groups -OCH3 is 1. The van der Waals surface area contributed by atoms with Gasteiger partial charge in [-0.05, 0) is 36.6 Å². The van der Waals surface area contributed by atoms with Crippen LogP contribution in [0.1, 0.15) is 28.8 Å². The van der Waals surface area contributed by atoms with Crippen LogP contribution in [-0.4, -0.2) is 41.0 Å². The maximum Gasteiger partial charge on any atom is 0.328 e. The van der Waals surface area contributed by atoms with Gasteiger partial charge in [-0.2, -0.15) is 0 Å². The molecule has 0 radical (unpaired) electrons. The van der Waals surface area contributed by atoms with E-state index in [1.54, 1.807) is 6.20 Å². The van der Waals surface area contributed by atoms with Gasteiger partial charge in [-0.3, -0.25) is 14.9 Å². The second-order valence-corrected chi connectivity index (χ2v) is 7.52. The summed E-state index contributed by atoms with van der Waals surface area (Å²) in [7, 11) is 1.25. The summed E-state index contributed by atoms with van der Waals surface area (Å²) in [6, 6.07) is 11.2. The molecule has 1 atom stereocenters. The van der Waals surface area contributed by atoms with Gasteiger partial charge in [-0.1, -0.05) is 18.2 Å². The zero-order valence-electron chi connectivity index (χ0n) is 16.9. The molecule has 2 aromatic carbocycles. The molecular weight excluding hydrogens is 400 g/mol. The minimum Gasteiger partial charge on any atom is -0.467 e. The van der Waals surface area contributed by atoms with E-state index in [0.717, 1.165) is 29.3 Å². The zero-order valence-corrected chi connectivity index (χ0v) is 16.9. The largest absolute Gasteiger partial charge is 0.467 e. The van der Waals surface area contributed by atoms with Crippen molar-refractivity contribution in [2.45, 2.75) is 31.3 Å². The van der Waals surface area contributed by atoms with Crippen molar-refractivity contribution in [3.05, 3.63) is 69.9 Å². The molecule has 1 amide bonds. The van der Waals surface area contributed by atoms with Crippen LogP contribution in [0.25, 0.3) is 10.9 Å². The molecule has 9 heteroatoms. The number of ether oxygens (including phenoxy) is 1. The first-order valence-corrected chi connectivity index (χ1v) is 9.95. The smallest absolute Gasteiger partial charge is 0.328 e. The maximum atomic E-state index is 12.8. The first-order valence-electron chi connectivity index (χ1n) is 9.95. The number of amides is 1. The van der Waals surface area contributed by atoms with Gasteiger partial charge in [-0.25, -0.2) is 4.79 Å². The minimum absolute atomic E-state index is 0.0980. The third kappa shape index (κ3) is 4.50. The van der Waals surface area contributed by atoms with Crippen molar-refractivity contribution in [1.29, 1.82) is 0 Å². The predicted molar refractivity (Wildman–Crippen MR) is 115 cm³/mol. The van der Waals surface area contributed by atoms with E-state index in [9.17, 15) is 19.7 Å². The van der Waals surface area contributed by atoms with E-state index < -0.39 is 22.8 Å². The molecule has 1 fully saturated rings. The molecule has 3 aromatic rings. The Labute approximate surface area is 177 Å². The highest BCUT2D eigenvalue weighted by molar-refractivity contribution is 5.98. The average molecular weight is 422 g/mol. The Morgan fingerprint density at radius 1 is 1.26 bits per heavy atom. The topological polar surface area (TPSA) is 126 Å². The Hall–Kier alpha value is -3.88. The Kier molecular flexibility index (Phi) is 5.57. The molecule has 0 aliphatic heterocycles.